The largest absolute Gasteiger partial charge is 0.443 e. The van der Waals surface area contributed by atoms with Gasteiger partial charge < -0.3 is 4.74 Å². The Morgan fingerprint density at radius 2 is 2.12 bits per heavy atom. The minimum absolute atomic E-state index is 0.214. The van der Waals surface area contributed by atoms with E-state index in [9.17, 15) is 13.2 Å². The van der Waals surface area contributed by atoms with E-state index in [-0.39, 0.29) is 12.2 Å². The van der Waals surface area contributed by atoms with Crippen molar-refractivity contribution in [1.29, 1.82) is 0 Å². The molecule has 0 rings (SSSR count). The highest BCUT2D eigenvalue weighted by Gasteiger charge is 2.16. The summed E-state index contributed by atoms with van der Waals surface area (Å²) >= 11 is 0. The number of carbonyl (C=O) groups is 1. The van der Waals surface area contributed by atoms with Gasteiger partial charge in [-0.15, -0.1) is 0 Å². The quantitative estimate of drug-likeness (QED) is 0.303. The normalized spacial score (nSPS) is 13.5. The number of rotatable bonds is 7. The van der Waals surface area contributed by atoms with E-state index < -0.39 is 22.3 Å². The Morgan fingerprint density at radius 3 is 2.50 bits per heavy atom. The predicted octanol–water partition coefficient (Wildman–Crippen LogP) is 0.271. The molecule has 0 aromatic heterocycles. The zero-order chi connectivity index (χ0) is 12.8. The Morgan fingerprint density at radius 1 is 1.56 bits per heavy atom. The third-order valence-corrected chi connectivity index (χ3v) is 2.65. The average Bonchev–Trinajstić information content (AvgIpc) is 2.13. The Kier molecular flexibility index (Phi) is 6.24. The van der Waals surface area contributed by atoms with E-state index in [0.717, 1.165) is 6.08 Å². The summed E-state index contributed by atoms with van der Waals surface area (Å²) in [7, 11) is -0.553. The van der Waals surface area contributed by atoms with Crippen LogP contribution in [0, 0.1) is 0 Å². The summed E-state index contributed by atoms with van der Waals surface area (Å²) in [6, 6.07) is 0. The van der Waals surface area contributed by atoms with Crippen LogP contribution in [0.4, 0.5) is 0 Å². The monoisotopic (exact) mass is 251 g/mol. The predicted molar refractivity (Wildman–Crippen MR) is 59.4 cm³/mol. The van der Waals surface area contributed by atoms with Crippen molar-refractivity contribution in [2.75, 3.05) is 19.8 Å². The molecule has 0 aromatic rings. The summed E-state index contributed by atoms with van der Waals surface area (Å²) in [5.74, 6) is -0.909. The van der Waals surface area contributed by atoms with Crippen molar-refractivity contribution in [2.24, 2.45) is 0 Å². The highest BCUT2D eigenvalue weighted by atomic mass is 32.2. The Labute approximate surface area is 95.6 Å². The highest BCUT2D eigenvalue weighted by Crippen LogP contribution is 2.07. The molecule has 1 atom stereocenters. The first-order chi connectivity index (χ1) is 7.26. The van der Waals surface area contributed by atoms with Gasteiger partial charge in [0.15, 0.2) is 6.23 Å². The minimum atomic E-state index is -3.96. The van der Waals surface area contributed by atoms with Crippen LogP contribution in [-0.4, -0.2) is 49.9 Å². The van der Waals surface area contributed by atoms with E-state index in [4.69, 9.17) is 9.29 Å². The van der Waals surface area contributed by atoms with Crippen LogP contribution >= 0.6 is 0 Å². The Balaban J connectivity index is 4.15. The summed E-state index contributed by atoms with van der Waals surface area (Å²) in [6.45, 7) is 3.26. The highest BCUT2D eigenvalue weighted by molar-refractivity contribution is 7.85. The van der Waals surface area contributed by atoms with Gasteiger partial charge in [-0.2, -0.15) is 8.42 Å². The molecule has 16 heavy (non-hydrogen) atoms. The van der Waals surface area contributed by atoms with Gasteiger partial charge in [-0.3, -0.25) is 9.45 Å². The molecule has 0 radical (unpaired) electrons. The molecule has 94 valence electrons. The molecule has 0 aromatic carbocycles. The molecule has 6 nitrogen and oxygen atoms in total. The lowest BCUT2D eigenvalue weighted by atomic mass is 10.3. The summed E-state index contributed by atoms with van der Waals surface area (Å²) in [5, 5.41) is 0. The molecule has 0 spiro atoms. The van der Waals surface area contributed by atoms with E-state index in [0.29, 0.717) is 6.42 Å². The molecular weight excluding hydrogens is 234 g/mol. The van der Waals surface area contributed by atoms with Gasteiger partial charge in [-0.25, -0.2) is 4.79 Å². The fraction of sp³-hybridized carbons (Fsp3) is 0.667. The Bertz CT molecular complexity index is 336. The maximum absolute atomic E-state index is 11.0. The molecule has 0 bridgehead atoms. The fourth-order valence-corrected chi connectivity index (χ4v) is 1.58. The standard InChI is InChI=1S/C9H17NO5S/c1-4-9(11)15-8(10(2)3)6-5-7-16(12,13)14/h4,8H,1,5-7H2,2-3H3,(H,12,13,14). The second-order valence-corrected chi connectivity index (χ2v) is 5.06. The topological polar surface area (TPSA) is 83.9 Å². The smallest absolute Gasteiger partial charge is 0.331 e. The van der Waals surface area contributed by atoms with Crippen LogP contribution in [0.25, 0.3) is 0 Å². The van der Waals surface area contributed by atoms with Crippen molar-refractivity contribution < 1.29 is 22.5 Å². The maximum atomic E-state index is 11.0. The van der Waals surface area contributed by atoms with Crippen molar-refractivity contribution in [2.45, 2.75) is 19.1 Å². The molecule has 1 N–H and O–H groups in total. The van der Waals surface area contributed by atoms with Crippen LogP contribution in [-0.2, 0) is 19.6 Å². The van der Waals surface area contributed by atoms with Gasteiger partial charge in [0.25, 0.3) is 10.1 Å². The lowest BCUT2D eigenvalue weighted by Crippen LogP contribution is -2.32. The van der Waals surface area contributed by atoms with E-state index in [1.165, 1.54) is 0 Å². The van der Waals surface area contributed by atoms with Crippen molar-refractivity contribution in [1.82, 2.24) is 4.90 Å². The van der Waals surface area contributed by atoms with Crippen LogP contribution in [0.1, 0.15) is 12.8 Å². The maximum Gasteiger partial charge on any atom is 0.331 e. The summed E-state index contributed by atoms with van der Waals surface area (Å²) in [6.07, 6.45) is 1.06. The van der Waals surface area contributed by atoms with Gasteiger partial charge in [0.1, 0.15) is 0 Å². The van der Waals surface area contributed by atoms with Gasteiger partial charge in [0, 0.05) is 6.08 Å². The summed E-state index contributed by atoms with van der Waals surface area (Å²) in [4.78, 5) is 12.6. The zero-order valence-corrected chi connectivity index (χ0v) is 10.2. The lowest BCUT2D eigenvalue weighted by Gasteiger charge is -2.23. The number of nitrogens with zero attached hydrogens (tertiary/aromatic N) is 1. The van der Waals surface area contributed by atoms with E-state index in [2.05, 4.69) is 6.58 Å². The van der Waals surface area contributed by atoms with Crippen LogP contribution in [0.3, 0.4) is 0 Å². The lowest BCUT2D eigenvalue weighted by molar-refractivity contribution is -0.151. The van der Waals surface area contributed by atoms with Gasteiger partial charge in [0.2, 0.25) is 0 Å². The summed E-state index contributed by atoms with van der Waals surface area (Å²) in [5.41, 5.74) is 0. The van der Waals surface area contributed by atoms with Crippen LogP contribution in [0.5, 0.6) is 0 Å². The van der Waals surface area contributed by atoms with E-state index >= 15 is 0 Å². The molecule has 0 fully saturated rings. The van der Waals surface area contributed by atoms with Gasteiger partial charge in [-0.05, 0) is 26.9 Å². The first-order valence-electron chi connectivity index (χ1n) is 4.71. The molecule has 0 amide bonds. The Hall–Kier alpha value is -0.920. The van der Waals surface area contributed by atoms with Crippen molar-refractivity contribution in [3.8, 4) is 0 Å². The average molecular weight is 251 g/mol. The number of carbonyl (C=O) groups excluding carboxylic acids is 1. The third kappa shape index (κ3) is 7.38. The number of hydrogen-bond donors (Lipinski definition) is 1. The molecule has 7 heteroatoms. The molecule has 0 aliphatic heterocycles. The molecule has 0 heterocycles. The van der Waals surface area contributed by atoms with E-state index in [1.54, 1.807) is 19.0 Å². The SMILES string of the molecule is C=CC(=O)OC(CCCS(=O)(=O)O)N(C)C. The molecule has 0 aliphatic carbocycles. The van der Waals surface area contributed by atoms with E-state index in [1.807, 2.05) is 0 Å². The number of hydrogen-bond acceptors (Lipinski definition) is 5. The molecule has 0 saturated heterocycles. The second kappa shape index (κ2) is 6.62. The molecule has 1 unspecified atom stereocenters. The van der Waals surface area contributed by atoms with Crippen LogP contribution in [0.2, 0.25) is 0 Å². The van der Waals surface area contributed by atoms with Crippen LogP contribution in [0.15, 0.2) is 12.7 Å². The summed E-state index contributed by atoms with van der Waals surface area (Å²) < 4.78 is 34.5. The van der Waals surface area contributed by atoms with Gasteiger partial charge >= 0.3 is 5.97 Å². The minimum Gasteiger partial charge on any atom is -0.443 e. The van der Waals surface area contributed by atoms with Crippen molar-refractivity contribution in [3.05, 3.63) is 12.7 Å². The first kappa shape index (κ1) is 15.1. The third-order valence-electron chi connectivity index (χ3n) is 1.85. The van der Waals surface area contributed by atoms with Crippen molar-refractivity contribution in [3.63, 3.8) is 0 Å². The van der Waals surface area contributed by atoms with Crippen LogP contribution < -0.4 is 0 Å². The van der Waals surface area contributed by atoms with Gasteiger partial charge in [0.05, 0.1) is 5.75 Å². The molecular formula is C9H17NO5S. The number of esters is 1. The van der Waals surface area contributed by atoms with Crippen molar-refractivity contribution >= 4 is 16.1 Å². The zero-order valence-electron chi connectivity index (χ0n) is 9.42. The number of ether oxygens (including phenoxy) is 1. The second-order valence-electron chi connectivity index (χ2n) is 3.49. The first-order valence-corrected chi connectivity index (χ1v) is 6.32. The molecule has 0 aliphatic rings. The van der Waals surface area contributed by atoms with Gasteiger partial charge in [-0.1, -0.05) is 6.58 Å². The molecule has 0 saturated carbocycles. The fourth-order valence-electron chi connectivity index (χ4n) is 1.05.